The summed E-state index contributed by atoms with van der Waals surface area (Å²) < 4.78 is 12.4. The molecule has 0 unspecified atom stereocenters. The van der Waals surface area contributed by atoms with Gasteiger partial charge in [-0.05, 0) is 19.1 Å². The summed E-state index contributed by atoms with van der Waals surface area (Å²) in [4.78, 5) is 1.16. The minimum atomic E-state index is 0.308. The Hall–Kier alpha value is -0.0200. The minimum absolute atomic E-state index is 0.308. The Bertz CT molecular complexity index is 172. The van der Waals surface area contributed by atoms with Crippen molar-refractivity contribution < 1.29 is 3.89 Å². The van der Waals surface area contributed by atoms with E-state index in [0.717, 1.165) is 9.09 Å². The lowest BCUT2D eigenvalue weighted by Gasteiger charge is -1.75. The van der Waals surface area contributed by atoms with Crippen molar-refractivity contribution >= 4 is 23.5 Å². The molecular formula is C7H11FS2. The molecule has 58 valence electrons. The van der Waals surface area contributed by atoms with Crippen LogP contribution in [0.1, 0.15) is 18.7 Å². The van der Waals surface area contributed by atoms with Crippen LogP contribution in [0.15, 0.2) is 16.3 Å². The van der Waals surface area contributed by atoms with Gasteiger partial charge in [-0.15, -0.1) is 11.3 Å². The number of aryl methyl sites for hydroxylation is 1. The molecule has 0 nitrogen and oxygen atoms in total. The van der Waals surface area contributed by atoms with Gasteiger partial charge in [-0.2, -0.15) is 3.89 Å². The molecule has 1 aromatic rings. The average molecular weight is 178 g/mol. The summed E-state index contributed by atoms with van der Waals surface area (Å²) in [5.74, 6) is 0. The molecule has 0 aliphatic heterocycles. The molecule has 0 spiro atoms. The van der Waals surface area contributed by atoms with Crippen molar-refractivity contribution in [3.63, 3.8) is 0 Å². The minimum Gasteiger partial charge on any atom is -0.159 e. The average Bonchev–Trinajstić information content (AvgIpc) is 2.40. The van der Waals surface area contributed by atoms with E-state index in [9.17, 15) is 3.89 Å². The fraction of sp³-hybridized carbons (Fsp3) is 0.429. The highest BCUT2D eigenvalue weighted by atomic mass is 32.2. The first-order valence-electron chi connectivity index (χ1n) is 3.18. The summed E-state index contributed by atoms with van der Waals surface area (Å²) in [5.41, 5.74) is 0. The summed E-state index contributed by atoms with van der Waals surface area (Å²) >= 11 is 1.78. The summed E-state index contributed by atoms with van der Waals surface area (Å²) in [7, 11) is 0. The van der Waals surface area contributed by atoms with Crippen molar-refractivity contribution in [1.82, 2.24) is 0 Å². The van der Waals surface area contributed by atoms with Crippen LogP contribution in [0, 0.1) is 6.92 Å². The lowest BCUT2D eigenvalue weighted by atomic mass is 10.5. The van der Waals surface area contributed by atoms with Gasteiger partial charge in [0.15, 0.2) is 0 Å². The first kappa shape index (κ1) is 9.98. The van der Waals surface area contributed by atoms with Gasteiger partial charge in [-0.1, -0.05) is 13.8 Å². The van der Waals surface area contributed by atoms with Crippen molar-refractivity contribution in [3.8, 4) is 0 Å². The molecule has 0 bridgehead atoms. The SMILES string of the molecule is CC.Cc1ccc(SF)s1. The van der Waals surface area contributed by atoms with Crippen molar-refractivity contribution in [1.29, 1.82) is 0 Å². The van der Waals surface area contributed by atoms with E-state index in [-0.39, 0.29) is 0 Å². The normalized spacial score (nSPS) is 8.40. The Labute approximate surface area is 69.8 Å². The van der Waals surface area contributed by atoms with Crippen LogP contribution in [0.5, 0.6) is 0 Å². The molecule has 1 aromatic heterocycles. The van der Waals surface area contributed by atoms with Gasteiger partial charge >= 0.3 is 0 Å². The lowest BCUT2D eigenvalue weighted by molar-refractivity contribution is 0.938. The van der Waals surface area contributed by atoms with E-state index in [0.29, 0.717) is 12.1 Å². The van der Waals surface area contributed by atoms with E-state index in [4.69, 9.17) is 0 Å². The molecule has 0 saturated carbocycles. The highest BCUT2D eigenvalue weighted by Gasteiger charge is 1.93. The standard InChI is InChI=1S/C5H5FS2.C2H6/c1-4-2-3-5(7-4)8-6;1-2/h2-3H,1H3;1-2H3. The van der Waals surface area contributed by atoms with E-state index < -0.39 is 0 Å². The Balaban J connectivity index is 0.000000371. The monoisotopic (exact) mass is 178 g/mol. The first-order chi connectivity index (χ1) is 4.83. The number of hydrogen-bond donors (Lipinski definition) is 0. The number of halogens is 1. The molecule has 0 N–H and O–H groups in total. The highest BCUT2D eigenvalue weighted by Crippen LogP contribution is 2.26. The second-order valence-electron chi connectivity index (χ2n) is 1.44. The van der Waals surface area contributed by atoms with E-state index in [1.165, 1.54) is 11.3 Å². The smallest absolute Gasteiger partial charge is 0.0933 e. The van der Waals surface area contributed by atoms with Crippen LogP contribution < -0.4 is 0 Å². The molecule has 0 aliphatic rings. The molecule has 0 aliphatic carbocycles. The molecule has 1 rings (SSSR count). The Morgan fingerprint density at radius 2 is 2.00 bits per heavy atom. The van der Waals surface area contributed by atoms with Gasteiger partial charge in [-0.25, -0.2) is 0 Å². The summed E-state index contributed by atoms with van der Waals surface area (Å²) in [6, 6.07) is 3.69. The molecule has 0 radical (unpaired) electrons. The van der Waals surface area contributed by atoms with Crippen LogP contribution >= 0.6 is 23.5 Å². The van der Waals surface area contributed by atoms with Crippen molar-refractivity contribution in [2.75, 3.05) is 0 Å². The number of thiophene rings is 1. The van der Waals surface area contributed by atoms with Crippen LogP contribution in [0.2, 0.25) is 0 Å². The van der Waals surface area contributed by atoms with E-state index in [2.05, 4.69) is 0 Å². The Morgan fingerprint density at radius 3 is 2.20 bits per heavy atom. The first-order valence-corrected chi connectivity index (χ1v) is 4.71. The van der Waals surface area contributed by atoms with Gasteiger partial charge in [0, 0.05) is 4.88 Å². The number of hydrogen-bond acceptors (Lipinski definition) is 2. The Morgan fingerprint density at radius 1 is 1.40 bits per heavy atom. The van der Waals surface area contributed by atoms with Crippen LogP contribution in [-0.4, -0.2) is 0 Å². The quantitative estimate of drug-likeness (QED) is 0.625. The zero-order valence-electron chi connectivity index (χ0n) is 6.35. The van der Waals surface area contributed by atoms with Gasteiger partial charge in [0.2, 0.25) is 0 Å². The molecule has 1 heterocycles. The van der Waals surface area contributed by atoms with Gasteiger partial charge < -0.3 is 0 Å². The fourth-order valence-electron chi connectivity index (χ4n) is 0.454. The molecule has 0 amide bonds. The summed E-state index contributed by atoms with van der Waals surface area (Å²) in [6.07, 6.45) is 0. The van der Waals surface area contributed by atoms with Crippen molar-refractivity contribution in [3.05, 3.63) is 17.0 Å². The highest BCUT2D eigenvalue weighted by molar-refractivity contribution is 7.96. The molecule has 0 fully saturated rings. The van der Waals surface area contributed by atoms with Gasteiger partial charge in [0.25, 0.3) is 0 Å². The molecule has 0 atom stereocenters. The third-order valence-corrected chi connectivity index (χ3v) is 2.31. The summed E-state index contributed by atoms with van der Waals surface area (Å²) in [5, 5.41) is 0. The predicted octanol–water partition coefficient (Wildman–Crippen LogP) is 4.06. The van der Waals surface area contributed by atoms with E-state index in [1.807, 2.05) is 26.8 Å². The molecule has 10 heavy (non-hydrogen) atoms. The molecule has 3 heteroatoms. The zero-order chi connectivity index (χ0) is 7.98. The zero-order valence-corrected chi connectivity index (χ0v) is 7.98. The summed E-state index contributed by atoms with van der Waals surface area (Å²) in [6.45, 7) is 5.96. The lowest BCUT2D eigenvalue weighted by Crippen LogP contribution is -1.43. The second-order valence-corrected chi connectivity index (χ2v) is 3.58. The van der Waals surface area contributed by atoms with Crippen molar-refractivity contribution in [2.45, 2.75) is 25.0 Å². The van der Waals surface area contributed by atoms with Gasteiger partial charge in [0.1, 0.15) is 0 Å². The Kier molecular flexibility index (Phi) is 5.73. The molecule has 0 aromatic carbocycles. The van der Waals surface area contributed by atoms with E-state index >= 15 is 0 Å². The van der Waals surface area contributed by atoms with Crippen LogP contribution in [-0.2, 0) is 0 Å². The largest absolute Gasteiger partial charge is 0.159 e. The maximum atomic E-state index is 11.7. The van der Waals surface area contributed by atoms with Crippen LogP contribution in [0.4, 0.5) is 3.89 Å². The fourth-order valence-corrected chi connectivity index (χ4v) is 1.68. The number of rotatable bonds is 1. The predicted molar refractivity (Wildman–Crippen MR) is 47.4 cm³/mol. The molecular weight excluding hydrogens is 167 g/mol. The molecule has 0 saturated heterocycles. The topological polar surface area (TPSA) is 0 Å². The van der Waals surface area contributed by atoms with E-state index in [1.54, 1.807) is 6.07 Å². The second kappa shape index (κ2) is 5.74. The third-order valence-electron chi connectivity index (χ3n) is 0.792. The maximum absolute atomic E-state index is 11.7. The van der Waals surface area contributed by atoms with Crippen LogP contribution in [0.3, 0.4) is 0 Å². The van der Waals surface area contributed by atoms with Crippen molar-refractivity contribution in [2.24, 2.45) is 0 Å². The van der Waals surface area contributed by atoms with Gasteiger partial charge in [0.05, 0.1) is 16.4 Å². The maximum Gasteiger partial charge on any atom is 0.0933 e. The third kappa shape index (κ3) is 3.22. The van der Waals surface area contributed by atoms with Crippen LogP contribution in [0.25, 0.3) is 0 Å². The van der Waals surface area contributed by atoms with Gasteiger partial charge in [-0.3, -0.25) is 0 Å².